The molecule has 1 N–H and O–H groups in total. The van der Waals surface area contributed by atoms with Crippen molar-refractivity contribution in [2.45, 2.75) is 37.1 Å². The van der Waals surface area contributed by atoms with Crippen LogP contribution in [0.1, 0.15) is 26.2 Å². The van der Waals surface area contributed by atoms with Gasteiger partial charge in [0.25, 0.3) is 0 Å². The normalized spacial score (nSPS) is 12.6. The van der Waals surface area contributed by atoms with Crippen LogP contribution in [0.25, 0.3) is 0 Å². The summed E-state index contributed by atoms with van der Waals surface area (Å²) in [6.45, 7) is 3.95. The largest absolute Gasteiger partial charge is 0.385 e. The molecule has 4 heteroatoms. The first-order valence-electron chi connectivity index (χ1n) is 6.87. The lowest BCUT2D eigenvalue weighted by Crippen LogP contribution is -2.32. The molecule has 1 rings (SSSR count). The summed E-state index contributed by atoms with van der Waals surface area (Å²) in [5.41, 5.74) is 0. The summed E-state index contributed by atoms with van der Waals surface area (Å²) in [4.78, 5) is 0.734. The van der Waals surface area contributed by atoms with Crippen molar-refractivity contribution in [1.82, 2.24) is 5.32 Å². The number of hydrogen-bond donors (Lipinski definition) is 1. The molecule has 0 spiro atoms. The molecule has 19 heavy (non-hydrogen) atoms. The van der Waals surface area contributed by atoms with Crippen LogP contribution in [0.2, 0.25) is 0 Å². The van der Waals surface area contributed by atoms with Crippen LogP contribution >= 0.6 is 11.8 Å². The van der Waals surface area contributed by atoms with Gasteiger partial charge in [0, 0.05) is 30.4 Å². The second kappa shape index (κ2) is 10.2. The molecule has 0 aliphatic carbocycles. The van der Waals surface area contributed by atoms with Crippen LogP contribution < -0.4 is 5.32 Å². The molecule has 1 aromatic carbocycles. The highest BCUT2D eigenvalue weighted by Gasteiger charge is 2.10. The van der Waals surface area contributed by atoms with E-state index in [1.807, 2.05) is 12.1 Å². The summed E-state index contributed by atoms with van der Waals surface area (Å²) in [5, 5.41) is 3.52. The van der Waals surface area contributed by atoms with Crippen molar-refractivity contribution in [2.24, 2.45) is 0 Å². The second-order valence-electron chi connectivity index (χ2n) is 4.53. The molecule has 0 bridgehead atoms. The van der Waals surface area contributed by atoms with Gasteiger partial charge in [-0.25, -0.2) is 4.39 Å². The molecule has 1 aromatic rings. The van der Waals surface area contributed by atoms with Crippen LogP contribution in [-0.2, 0) is 4.74 Å². The van der Waals surface area contributed by atoms with Gasteiger partial charge in [0.05, 0.1) is 0 Å². The number of methoxy groups -OCH3 is 1. The summed E-state index contributed by atoms with van der Waals surface area (Å²) in [6.07, 6.45) is 3.22. The molecular formula is C15H24FNOS. The first-order chi connectivity index (χ1) is 9.27. The number of benzene rings is 1. The van der Waals surface area contributed by atoms with Gasteiger partial charge >= 0.3 is 0 Å². The summed E-state index contributed by atoms with van der Waals surface area (Å²) >= 11 is 1.59. The third-order valence-electron chi connectivity index (χ3n) is 2.86. The zero-order chi connectivity index (χ0) is 13.9. The molecule has 1 atom stereocenters. The molecule has 2 nitrogen and oxygen atoms in total. The lowest BCUT2D eigenvalue weighted by Gasteiger charge is -2.18. The van der Waals surface area contributed by atoms with Gasteiger partial charge < -0.3 is 10.1 Å². The minimum absolute atomic E-state index is 0.126. The molecule has 0 saturated carbocycles. The Morgan fingerprint density at radius 1 is 1.37 bits per heavy atom. The maximum absolute atomic E-state index is 13.5. The number of hydrogen-bond acceptors (Lipinski definition) is 3. The SMILES string of the molecule is CCCNC(CCCOC)CSc1ccccc1F. The average molecular weight is 285 g/mol. The smallest absolute Gasteiger partial charge is 0.136 e. The first kappa shape index (κ1) is 16.5. The van der Waals surface area contributed by atoms with E-state index < -0.39 is 0 Å². The summed E-state index contributed by atoms with van der Waals surface area (Å²) in [7, 11) is 1.72. The average Bonchev–Trinajstić information content (AvgIpc) is 2.43. The maximum atomic E-state index is 13.5. The Labute approximate surface area is 120 Å². The Morgan fingerprint density at radius 3 is 2.84 bits per heavy atom. The third kappa shape index (κ3) is 6.95. The van der Waals surface area contributed by atoms with E-state index >= 15 is 0 Å². The van der Waals surface area contributed by atoms with Crippen molar-refractivity contribution in [3.8, 4) is 0 Å². The van der Waals surface area contributed by atoms with Crippen molar-refractivity contribution in [3.05, 3.63) is 30.1 Å². The van der Waals surface area contributed by atoms with Gasteiger partial charge in [-0.2, -0.15) is 0 Å². The van der Waals surface area contributed by atoms with Crippen LogP contribution in [0.15, 0.2) is 29.2 Å². The van der Waals surface area contributed by atoms with E-state index in [1.54, 1.807) is 24.9 Å². The van der Waals surface area contributed by atoms with Crippen LogP contribution in [-0.4, -0.2) is 32.1 Å². The van der Waals surface area contributed by atoms with E-state index in [1.165, 1.54) is 6.07 Å². The molecule has 0 fully saturated rings. The van der Waals surface area contributed by atoms with Gasteiger partial charge in [-0.3, -0.25) is 0 Å². The fourth-order valence-electron chi connectivity index (χ4n) is 1.82. The van der Waals surface area contributed by atoms with Crippen molar-refractivity contribution in [2.75, 3.05) is 26.0 Å². The molecule has 108 valence electrons. The van der Waals surface area contributed by atoms with E-state index in [-0.39, 0.29) is 5.82 Å². The number of ether oxygens (including phenoxy) is 1. The lowest BCUT2D eigenvalue weighted by molar-refractivity contribution is 0.189. The van der Waals surface area contributed by atoms with Gasteiger partial charge in [-0.05, 0) is 37.9 Å². The molecule has 0 saturated heterocycles. The molecule has 0 heterocycles. The van der Waals surface area contributed by atoms with E-state index in [0.717, 1.165) is 43.1 Å². The Bertz CT molecular complexity index is 349. The molecule has 0 radical (unpaired) electrons. The van der Waals surface area contributed by atoms with Gasteiger partial charge in [0.1, 0.15) is 5.82 Å². The number of nitrogens with one attached hydrogen (secondary N) is 1. The number of halogens is 1. The Morgan fingerprint density at radius 2 is 2.16 bits per heavy atom. The van der Waals surface area contributed by atoms with Gasteiger partial charge in [0.2, 0.25) is 0 Å². The quantitative estimate of drug-likeness (QED) is 0.523. The van der Waals surface area contributed by atoms with Gasteiger partial charge in [-0.1, -0.05) is 19.1 Å². The van der Waals surface area contributed by atoms with Crippen LogP contribution in [0.4, 0.5) is 4.39 Å². The maximum Gasteiger partial charge on any atom is 0.136 e. The molecule has 0 aromatic heterocycles. The molecule has 0 aliphatic rings. The minimum atomic E-state index is -0.126. The zero-order valence-electron chi connectivity index (χ0n) is 11.8. The topological polar surface area (TPSA) is 21.3 Å². The molecule has 0 amide bonds. The highest BCUT2D eigenvalue weighted by atomic mass is 32.2. The standard InChI is InChI=1S/C15H24FNOS/c1-3-10-17-13(7-6-11-18-2)12-19-15-9-5-4-8-14(15)16/h4-5,8-9,13,17H,3,6-7,10-12H2,1-2H3. The Hall–Kier alpha value is -0.580. The van der Waals surface area contributed by atoms with Crippen LogP contribution in [0.3, 0.4) is 0 Å². The fraction of sp³-hybridized carbons (Fsp3) is 0.600. The van der Waals surface area contributed by atoms with Crippen molar-refractivity contribution >= 4 is 11.8 Å². The Balaban J connectivity index is 2.40. The van der Waals surface area contributed by atoms with E-state index in [9.17, 15) is 4.39 Å². The second-order valence-corrected chi connectivity index (χ2v) is 5.59. The summed E-state index contributed by atoms with van der Waals surface area (Å²) in [5.74, 6) is 0.767. The van der Waals surface area contributed by atoms with E-state index in [0.29, 0.717) is 6.04 Å². The zero-order valence-corrected chi connectivity index (χ0v) is 12.6. The van der Waals surface area contributed by atoms with E-state index in [2.05, 4.69) is 12.2 Å². The third-order valence-corrected chi connectivity index (χ3v) is 4.07. The highest BCUT2D eigenvalue weighted by Crippen LogP contribution is 2.22. The number of thioether (sulfide) groups is 1. The van der Waals surface area contributed by atoms with E-state index in [4.69, 9.17) is 4.74 Å². The lowest BCUT2D eigenvalue weighted by atomic mass is 10.2. The predicted molar refractivity (Wildman–Crippen MR) is 80.3 cm³/mol. The first-order valence-corrected chi connectivity index (χ1v) is 7.86. The minimum Gasteiger partial charge on any atom is -0.385 e. The monoisotopic (exact) mass is 285 g/mol. The van der Waals surface area contributed by atoms with Crippen LogP contribution in [0.5, 0.6) is 0 Å². The Kier molecular flexibility index (Phi) is 8.88. The van der Waals surface area contributed by atoms with Crippen molar-refractivity contribution in [1.29, 1.82) is 0 Å². The summed E-state index contributed by atoms with van der Waals surface area (Å²) in [6, 6.07) is 7.38. The van der Waals surface area contributed by atoms with Gasteiger partial charge in [-0.15, -0.1) is 11.8 Å². The van der Waals surface area contributed by atoms with Crippen LogP contribution in [0, 0.1) is 5.82 Å². The molecule has 1 unspecified atom stereocenters. The number of rotatable bonds is 10. The summed E-state index contributed by atoms with van der Waals surface area (Å²) < 4.78 is 18.6. The van der Waals surface area contributed by atoms with Gasteiger partial charge in [0.15, 0.2) is 0 Å². The molecule has 0 aliphatic heterocycles. The van der Waals surface area contributed by atoms with Crippen molar-refractivity contribution < 1.29 is 9.13 Å². The van der Waals surface area contributed by atoms with Crippen molar-refractivity contribution in [3.63, 3.8) is 0 Å². The molecular weight excluding hydrogens is 261 g/mol. The predicted octanol–water partition coefficient (Wildman–Crippen LogP) is 3.71. The fourth-order valence-corrected chi connectivity index (χ4v) is 2.86. The highest BCUT2D eigenvalue weighted by molar-refractivity contribution is 7.99.